The molecule has 100 valence electrons. The largest absolute Gasteiger partial charge is 0.324 e. The average Bonchev–Trinajstić information content (AvgIpc) is 3.02. The monoisotopic (exact) mass is 276 g/mol. The van der Waals surface area contributed by atoms with E-state index in [0.717, 1.165) is 25.4 Å². The van der Waals surface area contributed by atoms with Gasteiger partial charge in [0, 0.05) is 13.1 Å². The van der Waals surface area contributed by atoms with Gasteiger partial charge in [-0.2, -0.15) is 9.64 Å². The van der Waals surface area contributed by atoms with Crippen LogP contribution < -0.4 is 5.32 Å². The minimum Gasteiger partial charge on any atom is -0.324 e. The molecule has 1 atom stereocenters. The molecule has 19 heavy (non-hydrogen) atoms. The van der Waals surface area contributed by atoms with Gasteiger partial charge >= 0.3 is 6.03 Å². The van der Waals surface area contributed by atoms with Crippen LogP contribution in [-0.4, -0.2) is 28.4 Å². The van der Waals surface area contributed by atoms with Gasteiger partial charge in [-0.05, 0) is 49.6 Å². The lowest BCUT2D eigenvalue weighted by atomic mass is 10.0. The van der Waals surface area contributed by atoms with Crippen LogP contribution in [-0.2, 0) is 0 Å². The van der Waals surface area contributed by atoms with Gasteiger partial charge in [0.05, 0.1) is 5.69 Å². The molecule has 1 N–H and O–H groups in total. The van der Waals surface area contributed by atoms with Crippen LogP contribution in [0.3, 0.4) is 0 Å². The number of nitriles is 1. The Balaban J connectivity index is 1.63. The van der Waals surface area contributed by atoms with Gasteiger partial charge in [-0.1, -0.05) is 0 Å². The number of rotatable bonds is 2. The molecular weight excluding hydrogens is 260 g/mol. The molecule has 3 rings (SSSR count). The first kappa shape index (κ1) is 12.4. The van der Waals surface area contributed by atoms with Crippen LogP contribution >= 0.6 is 11.5 Å². The van der Waals surface area contributed by atoms with Crippen molar-refractivity contribution >= 4 is 22.6 Å². The molecular formula is C13H16N4OS. The lowest BCUT2D eigenvalue weighted by Crippen LogP contribution is -2.33. The van der Waals surface area contributed by atoms with Crippen molar-refractivity contribution < 1.29 is 4.79 Å². The SMILES string of the molecule is Cc1nsc(NC(=O)N2CCC(C3CC3)C2)c1C#N. The summed E-state index contributed by atoms with van der Waals surface area (Å²) >= 11 is 1.18. The van der Waals surface area contributed by atoms with Crippen molar-refractivity contribution in [3.8, 4) is 6.07 Å². The van der Waals surface area contributed by atoms with Crippen molar-refractivity contribution in [3.05, 3.63) is 11.3 Å². The second-order valence-electron chi connectivity index (χ2n) is 5.35. The zero-order valence-corrected chi connectivity index (χ0v) is 11.7. The number of hydrogen-bond donors (Lipinski definition) is 1. The van der Waals surface area contributed by atoms with Crippen LogP contribution in [0, 0.1) is 30.1 Å². The molecule has 1 saturated heterocycles. The molecule has 2 amide bonds. The number of urea groups is 1. The number of nitrogens with one attached hydrogen (secondary N) is 1. The Hall–Kier alpha value is -1.61. The van der Waals surface area contributed by atoms with E-state index in [0.29, 0.717) is 22.2 Å². The molecule has 2 aliphatic rings. The smallest absolute Gasteiger partial charge is 0.322 e. The summed E-state index contributed by atoms with van der Waals surface area (Å²) in [5, 5.41) is 12.4. The van der Waals surface area contributed by atoms with Crippen LogP contribution in [0.5, 0.6) is 0 Å². The van der Waals surface area contributed by atoms with Crippen molar-refractivity contribution in [2.24, 2.45) is 11.8 Å². The Morgan fingerprint density at radius 1 is 1.47 bits per heavy atom. The molecule has 1 aromatic heterocycles. The van der Waals surface area contributed by atoms with E-state index in [2.05, 4.69) is 15.8 Å². The van der Waals surface area contributed by atoms with E-state index in [1.165, 1.54) is 24.4 Å². The Kier molecular flexibility index (Phi) is 3.15. The molecule has 0 spiro atoms. The lowest BCUT2D eigenvalue weighted by Gasteiger charge is -2.16. The summed E-state index contributed by atoms with van der Waals surface area (Å²) in [6.45, 7) is 3.46. The second-order valence-corrected chi connectivity index (χ2v) is 6.12. The van der Waals surface area contributed by atoms with Crippen molar-refractivity contribution in [2.45, 2.75) is 26.2 Å². The normalized spacial score (nSPS) is 22.3. The van der Waals surface area contributed by atoms with E-state index in [1.807, 2.05) is 4.90 Å². The van der Waals surface area contributed by atoms with E-state index in [9.17, 15) is 4.79 Å². The highest BCUT2D eigenvalue weighted by Crippen LogP contribution is 2.41. The van der Waals surface area contributed by atoms with Crippen molar-refractivity contribution in [1.82, 2.24) is 9.27 Å². The van der Waals surface area contributed by atoms with Crippen LogP contribution in [0.2, 0.25) is 0 Å². The van der Waals surface area contributed by atoms with Crippen LogP contribution in [0.4, 0.5) is 9.80 Å². The van der Waals surface area contributed by atoms with Crippen molar-refractivity contribution in [2.75, 3.05) is 18.4 Å². The van der Waals surface area contributed by atoms with E-state index in [-0.39, 0.29) is 6.03 Å². The summed E-state index contributed by atoms with van der Waals surface area (Å²) in [4.78, 5) is 14.0. The molecule has 6 heteroatoms. The van der Waals surface area contributed by atoms with E-state index >= 15 is 0 Å². The van der Waals surface area contributed by atoms with Gasteiger partial charge in [-0.3, -0.25) is 5.32 Å². The van der Waals surface area contributed by atoms with Gasteiger partial charge in [0.2, 0.25) is 0 Å². The summed E-state index contributed by atoms with van der Waals surface area (Å²) in [5.74, 6) is 1.53. The highest BCUT2D eigenvalue weighted by molar-refractivity contribution is 7.10. The fraction of sp³-hybridized carbons (Fsp3) is 0.615. The van der Waals surface area contributed by atoms with E-state index in [1.54, 1.807) is 6.92 Å². The fourth-order valence-corrected chi connectivity index (χ4v) is 3.42. The number of anilines is 1. The first-order valence-electron chi connectivity index (χ1n) is 6.61. The summed E-state index contributed by atoms with van der Waals surface area (Å²) in [6.07, 6.45) is 3.77. The minimum absolute atomic E-state index is 0.0942. The molecule has 2 fully saturated rings. The lowest BCUT2D eigenvalue weighted by molar-refractivity contribution is 0.220. The van der Waals surface area contributed by atoms with Gasteiger partial charge in [0.1, 0.15) is 16.6 Å². The van der Waals surface area contributed by atoms with Crippen molar-refractivity contribution in [3.63, 3.8) is 0 Å². The summed E-state index contributed by atoms with van der Waals surface area (Å²) < 4.78 is 4.11. The van der Waals surface area contributed by atoms with Gasteiger partial charge in [-0.25, -0.2) is 4.79 Å². The summed E-state index contributed by atoms with van der Waals surface area (Å²) in [6, 6.07) is 2.00. The third-order valence-electron chi connectivity index (χ3n) is 4.00. The average molecular weight is 276 g/mol. The first-order chi connectivity index (χ1) is 9.19. The van der Waals surface area contributed by atoms with Crippen LogP contribution in [0.15, 0.2) is 0 Å². The predicted octanol–water partition coefficient (Wildman–Crippen LogP) is 2.59. The molecule has 2 heterocycles. The molecule has 0 radical (unpaired) electrons. The zero-order chi connectivity index (χ0) is 13.4. The number of amides is 2. The van der Waals surface area contributed by atoms with E-state index in [4.69, 9.17) is 5.26 Å². The molecule has 0 bridgehead atoms. The number of aryl methyl sites for hydroxylation is 1. The minimum atomic E-state index is -0.0942. The Morgan fingerprint density at radius 2 is 2.26 bits per heavy atom. The number of carbonyl (C=O) groups excluding carboxylic acids is 1. The number of aromatic nitrogens is 1. The quantitative estimate of drug-likeness (QED) is 0.902. The van der Waals surface area contributed by atoms with Gasteiger partial charge < -0.3 is 4.90 Å². The summed E-state index contributed by atoms with van der Waals surface area (Å²) in [7, 11) is 0. The maximum atomic E-state index is 12.2. The standard InChI is InChI=1S/C13H16N4OS/c1-8-11(6-14)12(19-16-8)15-13(18)17-5-4-10(7-17)9-2-3-9/h9-10H,2-5,7H2,1H3,(H,15,18). The van der Waals surface area contributed by atoms with Gasteiger partial charge in [0.15, 0.2) is 0 Å². The topological polar surface area (TPSA) is 69.0 Å². The number of hydrogen-bond acceptors (Lipinski definition) is 4. The van der Waals surface area contributed by atoms with Crippen LogP contribution in [0.1, 0.15) is 30.5 Å². The Bertz CT molecular complexity index is 543. The molecule has 1 unspecified atom stereocenters. The van der Waals surface area contributed by atoms with Crippen LogP contribution in [0.25, 0.3) is 0 Å². The first-order valence-corrected chi connectivity index (χ1v) is 7.38. The molecule has 1 aliphatic heterocycles. The van der Waals surface area contributed by atoms with Gasteiger partial charge in [-0.15, -0.1) is 0 Å². The predicted molar refractivity (Wildman–Crippen MR) is 73.0 cm³/mol. The third kappa shape index (κ3) is 2.43. The molecule has 1 aromatic rings. The zero-order valence-electron chi connectivity index (χ0n) is 10.8. The maximum absolute atomic E-state index is 12.2. The Morgan fingerprint density at radius 3 is 2.95 bits per heavy atom. The maximum Gasteiger partial charge on any atom is 0.322 e. The third-order valence-corrected chi connectivity index (χ3v) is 4.85. The fourth-order valence-electron chi connectivity index (χ4n) is 2.69. The Labute approximate surface area is 116 Å². The highest BCUT2D eigenvalue weighted by atomic mass is 32.1. The number of carbonyl (C=O) groups is 1. The second kappa shape index (κ2) is 4.82. The molecule has 5 nitrogen and oxygen atoms in total. The van der Waals surface area contributed by atoms with Gasteiger partial charge in [0.25, 0.3) is 0 Å². The summed E-state index contributed by atoms with van der Waals surface area (Å²) in [5.41, 5.74) is 1.16. The number of likely N-dealkylation sites (tertiary alicyclic amines) is 1. The number of nitrogens with zero attached hydrogens (tertiary/aromatic N) is 3. The van der Waals surface area contributed by atoms with Crippen molar-refractivity contribution in [1.29, 1.82) is 5.26 Å². The molecule has 1 aliphatic carbocycles. The highest BCUT2D eigenvalue weighted by Gasteiger charge is 2.37. The van der Waals surface area contributed by atoms with E-state index < -0.39 is 0 Å². The molecule has 1 saturated carbocycles. The molecule has 0 aromatic carbocycles.